The van der Waals surface area contributed by atoms with Crippen LogP contribution in [0.4, 0.5) is 5.82 Å². The number of aliphatic imine (C=N–C) groups is 2. The molecule has 0 fully saturated rings. The topological polar surface area (TPSA) is 62.5 Å². The molecule has 1 N–H and O–H groups in total. The smallest absolute Gasteiger partial charge is 0.163 e. The maximum atomic E-state index is 5.01. The fourth-order valence-corrected chi connectivity index (χ4v) is 3.42. The molecule has 1 aliphatic heterocycles. The second-order valence-corrected chi connectivity index (χ2v) is 6.21. The van der Waals surface area contributed by atoms with Crippen LogP contribution in [0.5, 0.6) is 0 Å². The third-order valence-corrected chi connectivity index (χ3v) is 4.69. The summed E-state index contributed by atoms with van der Waals surface area (Å²) in [7, 11) is 1.86. The van der Waals surface area contributed by atoms with E-state index in [0.717, 1.165) is 27.7 Å². The molecule has 1 atom stereocenters. The van der Waals surface area contributed by atoms with Gasteiger partial charge in [0.2, 0.25) is 0 Å². The fourth-order valence-electron chi connectivity index (χ4n) is 2.65. The van der Waals surface area contributed by atoms with Crippen LogP contribution >= 0.6 is 11.3 Å². The van der Waals surface area contributed by atoms with Crippen LogP contribution < -0.4 is 5.32 Å². The van der Waals surface area contributed by atoms with Crippen LogP contribution in [0.15, 0.2) is 70.2 Å². The molecular weight excluding hydrogens is 318 g/mol. The minimum absolute atomic E-state index is 0.193. The first kappa shape index (κ1) is 14.7. The van der Waals surface area contributed by atoms with Crippen molar-refractivity contribution in [3.63, 3.8) is 0 Å². The Morgan fingerprint density at radius 1 is 1.00 bits per heavy atom. The average Bonchev–Trinajstić information content (AvgIpc) is 3.11. The summed E-state index contributed by atoms with van der Waals surface area (Å²) < 4.78 is 0. The SMILES string of the molecule is CNC1=Nc2ncccc2C(c2ccccn2)=NC1c1cccs1. The minimum atomic E-state index is -0.193. The molecule has 3 aromatic rings. The number of hydrogen-bond acceptors (Lipinski definition) is 6. The normalized spacial score (nSPS) is 16.6. The third kappa shape index (κ3) is 2.61. The first-order chi connectivity index (χ1) is 11.9. The van der Waals surface area contributed by atoms with E-state index < -0.39 is 0 Å². The summed E-state index contributed by atoms with van der Waals surface area (Å²) in [5, 5.41) is 5.23. The van der Waals surface area contributed by atoms with E-state index in [4.69, 9.17) is 9.98 Å². The molecule has 6 heteroatoms. The molecule has 5 nitrogen and oxygen atoms in total. The Kier molecular flexibility index (Phi) is 3.88. The average molecular weight is 333 g/mol. The number of fused-ring (bicyclic) bond motifs is 1. The molecule has 4 rings (SSSR count). The number of nitrogens with one attached hydrogen (secondary N) is 1. The molecule has 0 bridgehead atoms. The van der Waals surface area contributed by atoms with Crippen molar-refractivity contribution in [1.82, 2.24) is 15.3 Å². The highest BCUT2D eigenvalue weighted by Gasteiger charge is 2.25. The number of pyridine rings is 2. The van der Waals surface area contributed by atoms with Gasteiger partial charge < -0.3 is 5.32 Å². The van der Waals surface area contributed by atoms with Crippen molar-refractivity contribution in [2.75, 3.05) is 7.05 Å². The van der Waals surface area contributed by atoms with E-state index in [-0.39, 0.29) is 6.04 Å². The lowest BCUT2D eigenvalue weighted by Crippen LogP contribution is -2.24. The number of amidine groups is 1. The van der Waals surface area contributed by atoms with Crippen LogP contribution in [0.25, 0.3) is 0 Å². The van der Waals surface area contributed by atoms with E-state index in [1.165, 1.54) is 0 Å². The monoisotopic (exact) mass is 333 g/mol. The van der Waals surface area contributed by atoms with Crippen molar-refractivity contribution in [3.8, 4) is 0 Å². The fraction of sp³-hybridized carbons (Fsp3) is 0.111. The van der Waals surface area contributed by atoms with Crippen molar-refractivity contribution in [3.05, 3.63) is 76.4 Å². The number of likely N-dealkylation sites (N-methyl/N-ethyl adjacent to an activating group) is 1. The molecule has 1 aliphatic rings. The van der Waals surface area contributed by atoms with Gasteiger partial charge in [0.05, 0.1) is 11.4 Å². The number of aromatic nitrogens is 2. The Balaban J connectivity index is 1.96. The molecule has 4 heterocycles. The molecule has 0 spiro atoms. The highest BCUT2D eigenvalue weighted by atomic mass is 32.1. The predicted molar refractivity (Wildman–Crippen MR) is 97.3 cm³/mol. The van der Waals surface area contributed by atoms with Gasteiger partial charge in [0.1, 0.15) is 11.9 Å². The van der Waals surface area contributed by atoms with Crippen molar-refractivity contribution < 1.29 is 0 Å². The zero-order valence-electron chi connectivity index (χ0n) is 13.0. The lowest BCUT2D eigenvalue weighted by molar-refractivity contribution is 0.926. The number of thiophene rings is 1. The number of hydrogen-bond donors (Lipinski definition) is 1. The molecular formula is C18H15N5S. The van der Waals surface area contributed by atoms with Crippen LogP contribution in [0.2, 0.25) is 0 Å². The van der Waals surface area contributed by atoms with Gasteiger partial charge >= 0.3 is 0 Å². The molecule has 0 radical (unpaired) electrons. The summed E-state index contributed by atoms with van der Waals surface area (Å²) in [5.41, 5.74) is 2.52. The summed E-state index contributed by atoms with van der Waals surface area (Å²) in [4.78, 5) is 19.8. The van der Waals surface area contributed by atoms with Gasteiger partial charge in [0.25, 0.3) is 0 Å². The van der Waals surface area contributed by atoms with Gasteiger partial charge in [-0.25, -0.2) is 9.98 Å². The van der Waals surface area contributed by atoms with Gasteiger partial charge in [-0.3, -0.25) is 9.98 Å². The lowest BCUT2D eigenvalue weighted by Gasteiger charge is -2.13. The van der Waals surface area contributed by atoms with Gasteiger partial charge in [-0.1, -0.05) is 12.1 Å². The summed E-state index contributed by atoms with van der Waals surface area (Å²) >= 11 is 1.67. The highest BCUT2D eigenvalue weighted by molar-refractivity contribution is 7.10. The summed E-state index contributed by atoms with van der Waals surface area (Å²) in [6.07, 6.45) is 3.52. The van der Waals surface area contributed by atoms with E-state index in [2.05, 4.69) is 26.7 Å². The summed E-state index contributed by atoms with van der Waals surface area (Å²) in [6.45, 7) is 0. The van der Waals surface area contributed by atoms with Gasteiger partial charge in [0, 0.05) is 29.9 Å². The van der Waals surface area contributed by atoms with Crippen LogP contribution in [0.3, 0.4) is 0 Å². The van der Waals surface area contributed by atoms with Crippen LogP contribution in [0, 0.1) is 0 Å². The van der Waals surface area contributed by atoms with Crippen LogP contribution in [-0.4, -0.2) is 28.6 Å². The number of nitrogens with zero attached hydrogens (tertiary/aromatic N) is 4. The molecule has 1 unspecified atom stereocenters. The molecule has 0 amide bonds. The largest absolute Gasteiger partial charge is 0.374 e. The Morgan fingerprint density at radius 2 is 1.92 bits per heavy atom. The molecule has 118 valence electrons. The molecule has 0 aliphatic carbocycles. The molecule has 0 saturated heterocycles. The van der Waals surface area contributed by atoms with Crippen LogP contribution in [-0.2, 0) is 0 Å². The quantitative estimate of drug-likeness (QED) is 0.782. The standard InChI is InChI=1S/C18H15N5S/c1-19-18-16(14-8-5-11-24-14)22-15(13-7-2-3-9-20-13)12-6-4-10-21-17(12)23-18/h2-11,16H,1H3,(H,19,21,23). The maximum Gasteiger partial charge on any atom is 0.163 e. The summed E-state index contributed by atoms with van der Waals surface area (Å²) in [6, 6.07) is 13.6. The van der Waals surface area contributed by atoms with Crippen molar-refractivity contribution in [1.29, 1.82) is 0 Å². The minimum Gasteiger partial charge on any atom is -0.374 e. The van der Waals surface area contributed by atoms with Crippen LogP contribution in [0.1, 0.15) is 22.2 Å². The van der Waals surface area contributed by atoms with Crippen molar-refractivity contribution in [2.45, 2.75) is 6.04 Å². The van der Waals surface area contributed by atoms with E-state index in [0.29, 0.717) is 5.82 Å². The lowest BCUT2D eigenvalue weighted by atomic mass is 10.1. The second kappa shape index (κ2) is 6.33. The van der Waals surface area contributed by atoms with Crippen molar-refractivity contribution >= 4 is 28.7 Å². The molecule has 0 aromatic carbocycles. The Hall–Kier alpha value is -2.86. The first-order valence-corrected chi connectivity index (χ1v) is 8.49. The molecule has 24 heavy (non-hydrogen) atoms. The first-order valence-electron chi connectivity index (χ1n) is 7.61. The van der Waals surface area contributed by atoms with E-state index in [1.807, 2.05) is 43.4 Å². The highest BCUT2D eigenvalue weighted by Crippen LogP contribution is 2.31. The van der Waals surface area contributed by atoms with Gasteiger partial charge in [-0.2, -0.15) is 0 Å². The van der Waals surface area contributed by atoms with E-state index in [9.17, 15) is 0 Å². The Morgan fingerprint density at radius 3 is 2.67 bits per heavy atom. The zero-order chi connectivity index (χ0) is 16.4. The van der Waals surface area contributed by atoms with Gasteiger partial charge in [0.15, 0.2) is 5.82 Å². The van der Waals surface area contributed by atoms with E-state index in [1.54, 1.807) is 23.7 Å². The Labute approximate surface area is 143 Å². The molecule has 3 aromatic heterocycles. The van der Waals surface area contributed by atoms with E-state index >= 15 is 0 Å². The molecule has 0 saturated carbocycles. The van der Waals surface area contributed by atoms with Crippen molar-refractivity contribution in [2.24, 2.45) is 9.98 Å². The second-order valence-electron chi connectivity index (χ2n) is 5.23. The Bertz CT molecular complexity index is 900. The summed E-state index contributed by atoms with van der Waals surface area (Å²) in [5.74, 6) is 1.44. The third-order valence-electron chi connectivity index (χ3n) is 3.76. The van der Waals surface area contributed by atoms with Gasteiger partial charge in [-0.15, -0.1) is 11.3 Å². The van der Waals surface area contributed by atoms with Gasteiger partial charge in [-0.05, 0) is 35.7 Å². The predicted octanol–water partition coefficient (Wildman–Crippen LogP) is 3.38. The zero-order valence-corrected chi connectivity index (χ0v) is 13.9. The maximum absolute atomic E-state index is 5.01. The number of rotatable bonds is 2.